The third-order valence-electron chi connectivity index (χ3n) is 4.99. The molecule has 2 aromatic rings. The predicted octanol–water partition coefficient (Wildman–Crippen LogP) is 2.90. The highest BCUT2D eigenvalue weighted by atomic mass is 35.5. The van der Waals surface area contributed by atoms with Crippen LogP contribution in [-0.4, -0.2) is 66.1 Å². The second-order valence-corrected chi connectivity index (χ2v) is 9.76. The van der Waals surface area contributed by atoms with Gasteiger partial charge in [0.1, 0.15) is 5.02 Å². The second-order valence-electron chi connectivity index (χ2n) is 6.64. The van der Waals surface area contributed by atoms with Crippen molar-refractivity contribution in [1.29, 1.82) is 0 Å². The Hall–Kier alpha value is -1.36. The number of aromatic nitrogens is 2. The number of benzene rings is 1. The van der Waals surface area contributed by atoms with Crippen molar-refractivity contribution in [2.45, 2.75) is 13.8 Å². The minimum absolute atomic E-state index is 0.0816. The van der Waals surface area contributed by atoms with E-state index in [2.05, 4.69) is 5.10 Å². The summed E-state index contributed by atoms with van der Waals surface area (Å²) in [6, 6.07) is 5.11. The highest BCUT2D eigenvalue weighted by molar-refractivity contribution is 7.86. The highest BCUT2D eigenvalue weighted by Gasteiger charge is 2.31. The SMILES string of the molecule is CCN(CC)S(=O)(=O)N1CCN(c2ccc(-n3ncc(Cl)c(Cl)c3=O)cc2Cl)CC1. The maximum atomic E-state index is 12.7. The van der Waals surface area contributed by atoms with Gasteiger partial charge in [-0.15, -0.1) is 0 Å². The lowest BCUT2D eigenvalue weighted by molar-refractivity contribution is 0.334. The Balaban J connectivity index is 1.78. The maximum Gasteiger partial charge on any atom is 0.291 e. The molecule has 0 aliphatic carbocycles. The molecule has 0 bridgehead atoms. The molecule has 0 radical (unpaired) electrons. The van der Waals surface area contributed by atoms with Crippen LogP contribution in [0.5, 0.6) is 0 Å². The van der Waals surface area contributed by atoms with E-state index in [0.29, 0.717) is 50.0 Å². The van der Waals surface area contributed by atoms with E-state index < -0.39 is 15.8 Å². The van der Waals surface area contributed by atoms with Gasteiger partial charge in [0.15, 0.2) is 0 Å². The van der Waals surface area contributed by atoms with Crippen LogP contribution in [-0.2, 0) is 10.2 Å². The van der Waals surface area contributed by atoms with Crippen molar-refractivity contribution in [1.82, 2.24) is 18.4 Å². The summed E-state index contributed by atoms with van der Waals surface area (Å²) in [4.78, 5) is 14.3. The minimum atomic E-state index is -3.46. The number of anilines is 1. The fraction of sp³-hybridized carbons (Fsp3) is 0.444. The Morgan fingerprint density at radius 3 is 2.23 bits per heavy atom. The Kier molecular flexibility index (Phi) is 7.32. The van der Waals surface area contributed by atoms with Gasteiger partial charge in [-0.2, -0.15) is 26.8 Å². The first-order chi connectivity index (χ1) is 14.2. The molecule has 0 atom stereocenters. The molecule has 1 aliphatic rings. The summed E-state index contributed by atoms with van der Waals surface area (Å²) in [6.07, 6.45) is 1.29. The zero-order chi connectivity index (χ0) is 22.1. The fourth-order valence-corrected chi connectivity index (χ4v) is 5.51. The number of halogens is 3. The Morgan fingerprint density at radius 2 is 1.67 bits per heavy atom. The van der Waals surface area contributed by atoms with Crippen molar-refractivity contribution in [3.63, 3.8) is 0 Å². The molecule has 2 heterocycles. The molecule has 1 aromatic carbocycles. The van der Waals surface area contributed by atoms with Crippen LogP contribution in [0.1, 0.15) is 13.8 Å². The van der Waals surface area contributed by atoms with Gasteiger partial charge in [-0.25, -0.2) is 0 Å². The molecule has 8 nitrogen and oxygen atoms in total. The van der Waals surface area contributed by atoms with E-state index in [1.54, 1.807) is 18.2 Å². The van der Waals surface area contributed by atoms with Crippen LogP contribution >= 0.6 is 34.8 Å². The van der Waals surface area contributed by atoms with E-state index in [4.69, 9.17) is 34.8 Å². The summed E-state index contributed by atoms with van der Waals surface area (Å²) in [6.45, 7) is 6.27. The van der Waals surface area contributed by atoms with Crippen LogP contribution in [0.3, 0.4) is 0 Å². The average Bonchev–Trinajstić information content (AvgIpc) is 2.73. The van der Waals surface area contributed by atoms with Crippen molar-refractivity contribution in [3.05, 3.63) is 49.8 Å². The van der Waals surface area contributed by atoms with Crippen LogP contribution < -0.4 is 10.5 Å². The van der Waals surface area contributed by atoms with Gasteiger partial charge < -0.3 is 4.90 Å². The summed E-state index contributed by atoms with van der Waals surface area (Å²) < 4.78 is 29.5. The monoisotopic (exact) mass is 493 g/mol. The third kappa shape index (κ3) is 4.46. The maximum absolute atomic E-state index is 12.7. The molecule has 0 amide bonds. The number of piperazine rings is 1. The molecular weight excluding hydrogens is 473 g/mol. The first kappa shape index (κ1) is 23.3. The molecule has 30 heavy (non-hydrogen) atoms. The number of nitrogens with zero attached hydrogens (tertiary/aromatic N) is 5. The van der Waals surface area contributed by atoms with Crippen LogP contribution in [0.2, 0.25) is 15.1 Å². The van der Waals surface area contributed by atoms with E-state index in [0.717, 1.165) is 10.4 Å². The summed E-state index contributed by atoms with van der Waals surface area (Å²) >= 11 is 18.2. The Labute approximate surface area is 190 Å². The van der Waals surface area contributed by atoms with Crippen molar-refractivity contribution >= 4 is 50.7 Å². The van der Waals surface area contributed by atoms with Gasteiger partial charge in [-0.05, 0) is 18.2 Å². The number of rotatable bonds is 6. The average molecular weight is 495 g/mol. The number of hydrogen-bond acceptors (Lipinski definition) is 5. The molecule has 1 aliphatic heterocycles. The largest absolute Gasteiger partial charge is 0.368 e. The van der Waals surface area contributed by atoms with Gasteiger partial charge in [-0.1, -0.05) is 48.7 Å². The van der Waals surface area contributed by atoms with Crippen molar-refractivity contribution in [3.8, 4) is 5.69 Å². The lowest BCUT2D eigenvalue weighted by Gasteiger charge is -2.37. The van der Waals surface area contributed by atoms with E-state index in [1.165, 1.54) is 14.8 Å². The second kappa shape index (κ2) is 9.42. The topological polar surface area (TPSA) is 78.8 Å². The molecule has 164 valence electrons. The molecule has 1 fully saturated rings. The standard InChI is InChI=1S/C18H22Cl3N5O3S/c1-3-24(4-2)30(28,29)25-9-7-23(8-10-25)16-6-5-13(11-14(16)19)26-18(27)17(21)15(20)12-22-26/h5-6,11-12H,3-4,7-10H2,1-2H3. The molecule has 3 rings (SSSR count). The first-order valence-electron chi connectivity index (χ1n) is 9.44. The lowest BCUT2D eigenvalue weighted by Crippen LogP contribution is -2.53. The molecule has 0 spiro atoms. The summed E-state index contributed by atoms with van der Waals surface area (Å²) in [7, 11) is -3.46. The quantitative estimate of drug-likeness (QED) is 0.617. The van der Waals surface area contributed by atoms with E-state index in [1.807, 2.05) is 18.7 Å². The minimum Gasteiger partial charge on any atom is -0.368 e. The summed E-state index contributed by atoms with van der Waals surface area (Å²) in [5.74, 6) is 0. The van der Waals surface area contributed by atoms with Crippen molar-refractivity contribution < 1.29 is 8.42 Å². The van der Waals surface area contributed by atoms with Gasteiger partial charge >= 0.3 is 0 Å². The summed E-state index contributed by atoms with van der Waals surface area (Å²) in [5.41, 5.74) is 0.673. The molecule has 0 N–H and O–H groups in total. The zero-order valence-electron chi connectivity index (χ0n) is 16.6. The van der Waals surface area contributed by atoms with Gasteiger partial charge in [0, 0.05) is 39.3 Å². The zero-order valence-corrected chi connectivity index (χ0v) is 19.6. The smallest absolute Gasteiger partial charge is 0.291 e. The van der Waals surface area contributed by atoms with Gasteiger partial charge in [0.25, 0.3) is 15.8 Å². The fourth-order valence-electron chi connectivity index (χ4n) is 3.35. The van der Waals surface area contributed by atoms with E-state index >= 15 is 0 Å². The number of hydrogen-bond donors (Lipinski definition) is 0. The van der Waals surface area contributed by atoms with Gasteiger partial charge in [-0.3, -0.25) is 4.79 Å². The highest BCUT2D eigenvalue weighted by Crippen LogP contribution is 2.29. The molecular formula is C18H22Cl3N5O3S. The van der Waals surface area contributed by atoms with E-state index in [9.17, 15) is 13.2 Å². The molecule has 0 saturated carbocycles. The van der Waals surface area contributed by atoms with Gasteiger partial charge in [0.2, 0.25) is 0 Å². The van der Waals surface area contributed by atoms with E-state index in [-0.39, 0.29) is 10.0 Å². The Bertz CT molecular complexity index is 1080. The van der Waals surface area contributed by atoms with Crippen molar-refractivity contribution in [2.24, 2.45) is 0 Å². The normalized spacial score (nSPS) is 15.7. The van der Waals surface area contributed by atoms with Crippen LogP contribution in [0.25, 0.3) is 5.69 Å². The molecule has 0 unspecified atom stereocenters. The van der Waals surface area contributed by atoms with Crippen molar-refractivity contribution in [2.75, 3.05) is 44.2 Å². The molecule has 1 aromatic heterocycles. The van der Waals surface area contributed by atoms with Crippen LogP contribution in [0, 0.1) is 0 Å². The van der Waals surface area contributed by atoms with Crippen LogP contribution in [0.4, 0.5) is 5.69 Å². The first-order valence-corrected chi connectivity index (χ1v) is 12.0. The van der Waals surface area contributed by atoms with Gasteiger partial charge in [0.05, 0.1) is 27.6 Å². The van der Waals surface area contributed by atoms with Crippen LogP contribution in [0.15, 0.2) is 29.2 Å². The molecule has 1 saturated heterocycles. The predicted molar refractivity (Wildman–Crippen MR) is 120 cm³/mol. The third-order valence-corrected chi connectivity index (χ3v) is 8.23. The summed E-state index contributed by atoms with van der Waals surface area (Å²) in [5, 5.41) is 4.39. The molecule has 12 heteroatoms. The lowest BCUT2D eigenvalue weighted by atomic mass is 10.2. The Morgan fingerprint density at radius 1 is 1.03 bits per heavy atom.